The van der Waals surface area contributed by atoms with Crippen LogP contribution in [0.1, 0.15) is 31.7 Å². The number of halogens is 3. The van der Waals surface area contributed by atoms with E-state index in [9.17, 15) is 18.0 Å². The van der Waals surface area contributed by atoms with E-state index in [2.05, 4.69) is 0 Å². The molecule has 0 saturated carbocycles. The van der Waals surface area contributed by atoms with Crippen molar-refractivity contribution >= 4 is 16.7 Å². The minimum atomic E-state index is -2.81. The Balaban J connectivity index is 1.72. The number of rotatable bonds is 8. The highest BCUT2D eigenvalue weighted by Crippen LogP contribution is 2.35. The van der Waals surface area contributed by atoms with Gasteiger partial charge in [0.1, 0.15) is 11.6 Å². The number of nitrogens with zero attached hydrogens (tertiary/aromatic N) is 1. The SMILES string of the molecule is CCC(F)(F)CCC(=O)Cc1ccc2nc(-c3ccccc3)c(-c3ccccc3F)cc2c1. The molecule has 3 aromatic carbocycles. The average Bonchev–Trinajstić information content (AvgIpc) is 2.83. The van der Waals surface area contributed by atoms with Crippen LogP contribution >= 0.6 is 0 Å². The number of benzene rings is 3. The number of carbonyl (C=O) groups excluding carboxylic acids is 1. The summed E-state index contributed by atoms with van der Waals surface area (Å²) >= 11 is 0. The molecule has 1 heterocycles. The maximum atomic E-state index is 14.7. The zero-order valence-electron chi connectivity index (χ0n) is 18.3. The Morgan fingerprint density at radius 3 is 2.36 bits per heavy atom. The molecule has 4 aromatic rings. The highest BCUT2D eigenvalue weighted by atomic mass is 19.3. The van der Waals surface area contributed by atoms with Crippen molar-refractivity contribution in [3.63, 3.8) is 0 Å². The van der Waals surface area contributed by atoms with Crippen LogP contribution < -0.4 is 0 Å². The topological polar surface area (TPSA) is 30.0 Å². The lowest BCUT2D eigenvalue weighted by Gasteiger charge is -2.14. The summed E-state index contributed by atoms with van der Waals surface area (Å²) < 4.78 is 41.7. The average molecular weight is 448 g/mol. The van der Waals surface area contributed by atoms with E-state index < -0.39 is 12.3 Å². The summed E-state index contributed by atoms with van der Waals surface area (Å²) in [5.74, 6) is -3.39. The number of pyridine rings is 1. The molecule has 33 heavy (non-hydrogen) atoms. The molecule has 0 unspecified atom stereocenters. The molecule has 0 bridgehead atoms. The fraction of sp³-hybridized carbons (Fsp3) is 0.214. The van der Waals surface area contributed by atoms with E-state index in [0.717, 1.165) is 16.5 Å². The minimum Gasteiger partial charge on any atom is -0.299 e. The molecule has 0 amide bonds. The second-order valence-electron chi connectivity index (χ2n) is 8.18. The third-order valence-corrected chi connectivity index (χ3v) is 5.78. The first-order valence-corrected chi connectivity index (χ1v) is 11.0. The van der Waals surface area contributed by atoms with Gasteiger partial charge >= 0.3 is 0 Å². The summed E-state index contributed by atoms with van der Waals surface area (Å²) in [6.45, 7) is 1.41. The fourth-order valence-corrected chi connectivity index (χ4v) is 3.85. The van der Waals surface area contributed by atoms with Crippen molar-refractivity contribution in [3.05, 3.63) is 90.2 Å². The Morgan fingerprint density at radius 2 is 1.64 bits per heavy atom. The van der Waals surface area contributed by atoms with Crippen LogP contribution in [-0.2, 0) is 11.2 Å². The Morgan fingerprint density at radius 1 is 0.909 bits per heavy atom. The zero-order valence-corrected chi connectivity index (χ0v) is 18.3. The summed E-state index contributed by atoms with van der Waals surface area (Å²) in [6.07, 6.45) is -0.796. The molecular formula is C28H24F3NO. The van der Waals surface area contributed by atoms with E-state index >= 15 is 0 Å². The van der Waals surface area contributed by atoms with Gasteiger partial charge in [0, 0.05) is 47.8 Å². The van der Waals surface area contributed by atoms with Crippen molar-refractivity contribution < 1.29 is 18.0 Å². The predicted octanol–water partition coefficient (Wildman–Crippen LogP) is 7.65. The summed E-state index contributed by atoms with van der Waals surface area (Å²) in [4.78, 5) is 17.1. The molecule has 0 radical (unpaired) electrons. The van der Waals surface area contributed by atoms with Crippen molar-refractivity contribution in [1.82, 2.24) is 4.98 Å². The monoisotopic (exact) mass is 447 g/mol. The van der Waals surface area contributed by atoms with Gasteiger partial charge in [0.05, 0.1) is 11.2 Å². The van der Waals surface area contributed by atoms with Crippen molar-refractivity contribution in [2.75, 3.05) is 0 Å². The van der Waals surface area contributed by atoms with Gasteiger partial charge < -0.3 is 0 Å². The van der Waals surface area contributed by atoms with Gasteiger partial charge in [0.15, 0.2) is 0 Å². The standard InChI is InChI=1S/C28H24F3NO/c1-2-28(30,31)15-14-22(33)17-19-12-13-26-21(16-19)18-24(23-10-6-7-11-25(23)29)27(32-26)20-8-4-3-5-9-20/h3-13,16,18H,2,14-15,17H2,1H3. The van der Waals surface area contributed by atoms with Crippen LogP contribution in [0, 0.1) is 5.82 Å². The highest BCUT2D eigenvalue weighted by molar-refractivity contribution is 5.92. The molecule has 0 atom stereocenters. The lowest BCUT2D eigenvalue weighted by molar-refractivity contribution is -0.120. The predicted molar refractivity (Wildman–Crippen MR) is 126 cm³/mol. The van der Waals surface area contributed by atoms with Crippen LogP contribution in [0.4, 0.5) is 13.2 Å². The first-order chi connectivity index (χ1) is 15.9. The largest absolute Gasteiger partial charge is 0.299 e. The van der Waals surface area contributed by atoms with Crippen molar-refractivity contribution in [2.45, 2.75) is 38.5 Å². The highest BCUT2D eigenvalue weighted by Gasteiger charge is 2.26. The van der Waals surface area contributed by atoms with Gasteiger partial charge in [-0.25, -0.2) is 18.2 Å². The second-order valence-corrected chi connectivity index (χ2v) is 8.18. The summed E-state index contributed by atoms with van der Waals surface area (Å²) in [5, 5.41) is 0.761. The fourth-order valence-electron chi connectivity index (χ4n) is 3.85. The van der Waals surface area contributed by atoms with Crippen LogP contribution in [-0.4, -0.2) is 16.7 Å². The van der Waals surface area contributed by atoms with Crippen molar-refractivity contribution in [1.29, 1.82) is 0 Å². The third kappa shape index (κ3) is 5.30. The molecule has 0 aliphatic rings. The van der Waals surface area contributed by atoms with E-state index in [-0.39, 0.29) is 30.9 Å². The molecule has 0 saturated heterocycles. The Bertz CT molecular complexity index is 1290. The smallest absolute Gasteiger partial charge is 0.248 e. The summed E-state index contributed by atoms with van der Waals surface area (Å²) in [7, 11) is 0. The van der Waals surface area contributed by atoms with Gasteiger partial charge in [-0.2, -0.15) is 0 Å². The Kier molecular flexibility index (Phi) is 6.59. The van der Waals surface area contributed by atoms with Crippen molar-refractivity contribution in [2.24, 2.45) is 0 Å². The number of carbonyl (C=O) groups is 1. The molecule has 0 N–H and O–H groups in total. The summed E-state index contributed by atoms with van der Waals surface area (Å²) in [5.41, 5.74) is 4.06. The molecule has 0 aliphatic carbocycles. The van der Waals surface area contributed by atoms with Gasteiger partial charge in [-0.1, -0.05) is 61.5 Å². The van der Waals surface area contributed by atoms with Gasteiger partial charge in [-0.15, -0.1) is 0 Å². The molecule has 2 nitrogen and oxygen atoms in total. The number of hydrogen-bond acceptors (Lipinski definition) is 2. The molecule has 168 valence electrons. The number of fused-ring (bicyclic) bond motifs is 1. The van der Waals surface area contributed by atoms with E-state index in [1.807, 2.05) is 48.5 Å². The first kappa shape index (κ1) is 22.7. The molecule has 4 rings (SSSR count). The minimum absolute atomic E-state index is 0.0746. The first-order valence-electron chi connectivity index (χ1n) is 11.0. The number of Topliss-reactive ketones (excluding diaryl/α,β-unsaturated/α-hetero) is 1. The van der Waals surface area contributed by atoms with E-state index in [1.165, 1.54) is 13.0 Å². The van der Waals surface area contributed by atoms with Gasteiger partial charge in [-0.3, -0.25) is 4.79 Å². The van der Waals surface area contributed by atoms with Crippen LogP contribution in [0.25, 0.3) is 33.3 Å². The lowest BCUT2D eigenvalue weighted by Crippen LogP contribution is -2.16. The number of ketones is 1. The maximum Gasteiger partial charge on any atom is 0.248 e. The molecule has 5 heteroatoms. The quantitative estimate of drug-likeness (QED) is 0.278. The zero-order chi connectivity index (χ0) is 23.4. The number of hydrogen-bond donors (Lipinski definition) is 0. The van der Waals surface area contributed by atoms with E-state index in [4.69, 9.17) is 4.98 Å². The van der Waals surface area contributed by atoms with Gasteiger partial charge in [0.2, 0.25) is 5.92 Å². The molecular weight excluding hydrogens is 423 g/mol. The maximum absolute atomic E-state index is 14.7. The summed E-state index contributed by atoms with van der Waals surface area (Å²) in [6, 6.07) is 23.4. The molecule has 0 aliphatic heterocycles. The molecule has 0 spiro atoms. The number of aromatic nitrogens is 1. The van der Waals surface area contributed by atoms with E-state index in [0.29, 0.717) is 22.3 Å². The third-order valence-electron chi connectivity index (χ3n) is 5.78. The van der Waals surface area contributed by atoms with Crippen LogP contribution in [0.3, 0.4) is 0 Å². The van der Waals surface area contributed by atoms with Crippen LogP contribution in [0.15, 0.2) is 78.9 Å². The van der Waals surface area contributed by atoms with Crippen LogP contribution in [0.5, 0.6) is 0 Å². The normalized spacial score (nSPS) is 11.6. The Labute approximate surface area is 191 Å². The lowest BCUT2D eigenvalue weighted by atomic mass is 9.95. The Hall–Kier alpha value is -3.47. The number of alkyl halides is 2. The molecule has 0 fully saturated rings. The molecule has 1 aromatic heterocycles. The van der Waals surface area contributed by atoms with E-state index in [1.54, 1.807) is 24.3 Å². The van der Waals surface area contributed by atoms with Gasteiger partial charge in [-0.05, 0) is 29.8 Å². The second kappa shape index (κ2) is 9.57. The van der Waals surface area contributed by atoms with Crippen molar-refractivity contribution in [3.8, 4) is 22.4 Å². The van der Waals surface area contributed by atoms with Crippen LogP contribution in [0.2, 0.25) is 0 Å². The van der Waals surface area contributed by atoms with Gasteiger partial charge in [0.25, 0.3) is 0 Å².